The molecule has 9 heteroatoms. The largest absolute Gasteiger partial charge is 0.372 e. The number of hydrogen-bond acceptors (Lipinski definition) is 6. The molecule has 0 saturated heterocycles. The maximum atomic E-state index is 11.3. The zero-order chi connectivity index (χ0) is 19.2. The van der Waals surface area contributed by atoms with Gasteiger partial charge >= 0.3 is 0 Å². The summed E-state index contributed by atoms with van der Waals surface area (Å²) in [6.07, 6.45) is 4.08. The van der Waals surface area contributed by atoms with E-state index >= 15 is 0 Å². The molecule has 2 N–H and O–H groups in total. The van der Waals surface area contributed by atoms with E-state index in [1.54, 1.807) is 4.57 Å². The topological polar surface area (TPSA) is 114 Å². The quantitative estimate of drug-likeness (QED) is 0.624. The Labute approximate surface area is 153 Å². The Morgan fingerprint density at radius 1 is 1.31 bits per heavy atom. The smallest absolute Gasteiger partial charge is 0.268 e. The number of imidazole rings is 1. The van der Waals surface area contributed by atoms with Crippen molar-refractivity contribution < 1.29 is 22.1 Å². The predicted molar refractivity (Wildman–Crippen MR) is 95.9 cm³/mol. The molecule has 8 nitrogen and oxygen atoms in total. The lowest BCUT2D eigenvalue weighted by atomic mass is 10.1. The fourth-order valence-electron chi connectivity index (χ4n) is 2.50. The van der Waals surface area contributed by atoms with Gasteiger partial charge in [0.15, 0.2) is 0 Å². The van der Waals surface area contributed by atoms with Crippen LogP contribution in [0, 0.1) is 0 Å². The third-order valence-corrected chi connectivity index (χ3v) is 4.44. The molecule has 1 heterocycles. The van der Waals surface area contributed by atoms with Crippen LogP contribution in [-0.2, 0) is 25.6 Å². The Hall–Kier alpha value is -2.23. The highest BCUT2D eigenvalue weighted by molar-refractivity contribution is 7.85. The molecular weight excluding hydrogens is 358 g/mol. The molecule has 2 rings (SSSR count). The van der Waals surface area contributed by atoms with E-state index in [4.69, 9.17) is 14.7 Å². The first-order valence-corrected chi connectivity index (χ1v) is 9.91. The maximum absolute atomic E-state index is 11.3. The number of benzene rings is 1. The van der Waals surface area contributed by atoms with Crippen molar-refractivity contribution in [1.82, 2.24) is 9.55 Å². The van der Waals surface area contributed by atoms with Crippen LogP contribution in [0.1, 0.15) is 35.4 Å². The summed E-state index contributed by atoms with van der Waals surface area (Å²) < 4.78 is 34.8. The molecule has 0 aliphatic heterocycles. The van der Waals surface area contributed by atoms with E-state index < -0.39 is 16.0 Å². The molecule has 1 amide bonds. The lowest BCUT2D eigenvalue weighted by Crippen LogP contribution is -2.25. The molecule has 26 heavy (non-hydrogen) atoms. The minimum absolute atomic E-state index is 0.00732. The molecule has 2 atom stereocenters. The minimum atomic E-state index is -3.53. The number of aromatic nitrogens is 2. The third kappa shape index (κ3) is 6.25. The minimum Gasteiger partial charge on any atom is -0.372 e. The van der Waals surface area contributed by atoms with Gasteiger partial charge in [-0.2, -0.15) is 8.42 Å². The van der Waals surface area contributed by atoms with E-state index in [0.717, 1.165) is 11.8 Å². The molecule has 2 unspecified atom stereocenters. The molecule has 142 valence electrons. The Balaban J connectivity index is 2.08. The highest BCUT2D eigenvalue weighted by atomic mass is 32.2. The second-order valence-corrected chi connectivity index (χ2v) is 7.60. The van der Waals surface area contributed by atoms with Gasteiger partial charge in [0.2, 0.25) is 0 Å². The van der Waals surface area contributed by atoms with Crippen LogP contribution in [0.4, 0.5) is 0 Å². The van der Waals surface area contributed by atoms with Crippen LogP contribution in [-0.4, -0.2) is 42.8 Å². The second kappa shape index (κ2) is 8.93. The molecule has 0 aliphatic rings. The van der Waals surface area contributed by atoms with E-state index in [2.05, 4.69) is 4.98 Å². The van der Waals surface area contributed by atoms with Gasteiger partial charge in [-0.25, -0.2) is 4.98 Å². The molecule has 1 aromatic heterocycles. The summed E-state index contributed by atoms with van der Waals surface area (Å²) in [5, 5.41) is 0. The molecule has 2 aromatic rings. The van der Waals surface area contributed by atoms with Gasteiger partial charge in [-0.05, 0) is 18.9 Å². The predicted octanol–water partition coefficient (Wildman–Crippen LogP) is 1.49. The summed E-state index contributed by atoms with van der Waals surface area (Å²) in [5.41, 5.74) is 6.40. The van der Waals surface area contributed by atoms with Gasteiger partial charge in [-0.1, -0.05) is 30.3 Å². The molecular formula is C17H23N3O5S. The van der Waals surface area contributed by atoms with E-state index in [0.29, 0.717) is 13.0 Å². The van der Waals surface area contributed by atoms with E-state index in [9.17, 15) is 13.2 Å². The Morgan fingerprint density at radius 2 is 2.00 bits per heavy atom. The van der Waals surface area contributed by atoms with Crippen LogP contribution in [0.25, 0.3) is 0 Å². The van der Waals surface area contributed by atoms with Crippen molar-refractivity contribution in [2.24, 2.45) is 5.73 Å². The summed E-state index contributed by atoms with van der Waals surface area (Å²) in [6.45, 7) is 2.27. The first-order chi connectivity index (χ1) is 12.3. The van der Waals surface area contributed by atoms with Crippen LogP contribution in [0.2, 0.25) is 0 Å². The third-order valence-electron chi connectivity index (χ3n) is 3.85. The number of rotatable bonds is 10. The molecule has 0 radical (unpaired) electrons. The van der Waals surface area contributed by atoms with Gasteiger partial charge in [0.1, 0.15) is 5.69 Å². The van der Waals surface area contributed by atoms with Crippen molar-refractivity contribution in [3.63, 3.8) is 0 Å². The highest BCUT2D eigenvalue weighted by Gasteiger charge is 2.22. The van der Waals surface area contributed by atoms with Gasteiger partial charge in [-0.3, -0.25) is 8.98 Å². The van der Waals surface area contributed by atoms with Gasteiger partial charge in [0.25, 0.3) is 16.0 Å². The van der Waals surface area contributed by atoms with Crippen LogP contribution < -0.4 is 5.73 Å². The van der Waals surface area contributed by atoms with Crippen molar-refractivity contribution in [1.29, 1.82) is 0 Å². The molecule has 0 saturated carbocycles. The number of ether oxygens (including phenoxy) is 1. The van der Waals surface area contributed by atoms with Crippen LogP contribution >= 0.6 is 0 Å². The number of carbonyl (C=O) groups excluding carboxylic acids is 1. The van der Waals surface area contributed by atoms with Crippen LogP contribution in [0.15, 0.2) is 42.9 Å². The number of amides is 1. The Morgan fingerprint density at radius 3 is 2.58 bits per heavy atom. The lowest BCUT2D eigenvalue weighted by Gasteiger charge is -2.25. The maximum Gasteiger partial charge on any atom is 0.268 e. The van der Waals surface area contributed by atoms with Crippen molar-refractivity contribution >= 4 is 16.0 Å². The van der Waals surface area contributed by atoms with Crippen molar-refractivity contribution in [2.75, 3.05) is 12.9 Å². The summed E-state index contributed by atoms with van der Waals surface area (Å²) in [6, 6.07) is 9.41. The van der Waals surface area contributed by atoms with Gasteiger partial charge in [-0.15, -0.1) is 0 Å². The molecule has 0 bridgehead atoms. The van der Waals surface area contributed by atoms with Crippen LogP contribution in [0.5, 0.6) is 0 Å². The number of nitrogens with zero attached hydrogens (tertiary/aromatic N) is 2. The first-order valence-electron chi connectivity index (χ1n) is 8.09. The average molecular weight is 381 g/mol. The monoisotopic (exact) mass is 381 g/mol. The van der Waals surface area contributed by atoms with E-state index in [1.807, 2.05) is 37.3 Å². The number of primary amides is 1. The summed E-state index contributed by atoms with van der Waals surface area (Å²) in [5.74, 6) is -0.632. The number of carbonyl (C=O) groups is 1. The second-order valence-electron chi connectivity index (χ2n) is 5.95. The van der Waals surface area contributed by atoms with Crippen molar-refractivity contribution in [3.8, 4) is 0 Å². The number of nitrogens with two attached hydrogens (primary N) is 1. The van der Waals surface area contributed by atoms with Crippen molar-refractivity contribution in [2.45, 2.75) is 32.1 Å². The molecule has 0 spiro atoms. The zero-order valence-electron chi connectivity index (χ0n) is 14.7. The standard InChI is InChI=1S/C17H23N3O5S/c1-13(24-11-14-6-4-3-5-7-14)16(8-9-25-26(2,22)23)20-10-15(17(18)21)19-12-20/h3-7,10,12-13,16H,8-9,11H2,1-2H3,(H2,18,21). The summed E-state index contributed by atoms with van der Waals surface area (Å²) in [7, 11) is -3.53. The van der Waals surface area contributed by atoms with Crippen molar-refractivity contribution in [3.05, 3.63) is 54.1 Å². The fraction of sp³-hybridized carbons (Fsp3) is 0.412. The van der Waals surface area contributed by atoms with E-state index in [1.165, 1.54) is 12.5 Å². The van der Waals surface area contributed by atoms with Gasteiger partial charge in [0, 0.05) is 6.20 Å². The zero-order valence-corrected chi connectivity index (χ0v) is 15.6. The highest BCUT2D eigenvalue weighted by Crippen LogP contribution is 2.21. The average Bonchev–Trinajstić information content (AvgIpc) is 3.06. The first kappa shape index (κ1) is 20.1. The number of hydrogen-bond donors (Lipinski definition) is 1. The van der Waals surface area contributed by atoms with Crippen LogP contribution in [0.3, 0.4) is 0 Å². The summed E-state index contributed by atoms with van der Waals surface area (Å²) in [4.78, 5) is 15.2. The van der Waals surface area contributed by atoms with Gasteiger partial charge in [0.05, 0.1) is 37.9 Å². The molecule has 0 aliphatic carbocycles. The SMILES string of the molecule is CC(OCc1ccccc1)C(CCOS(C)(=O)=O)n1cnc(C(N)=O)c1. The normalized spacial score (nSPS) is 14.1. The Bertz CT molecular complexity index is 820. The van der Waals surface area contributed by atoms with E-state index in [-0.39, 0.29) is 24.4 Å². The fourth-order valence-corrected chi connectivity index (χ4v) is 2.90. The summed E-state index contributed by atoms with van der Waals surface area (Å²) >= 11 is 0. The molecule has 1 aromatic carbocycles. The molecule has 0 fully saturated rings. The lowest BCUT2D eigenvalue weighted by molar-refractivity contribution is 0.0115. The Kier molecular flexibility index (Phi) is 6.90. The van der Waals surface area contributed by atoms with Gasteiger partial charge < -0.3 is 15.0 Å².